The molecule has 1 rings (SSSR count). The van der Waals surface area contributed by atoms with E-state index in [4.69, 9.17) is 10.8 Å². The molecule has 0 saturated carbocycles. The average molecular weight is 150 g/mol. The lowest BCUT2D eigenvalue weighted by Crippen LogP contribution is -2.00. The molecule has 0 spiro atoms. The lowest BCUT2D eigenvalue weighted by Gasteiger charge is -2.00. The van der Waals surface area contributed by atoms with E-state index in [9.17, 15) is 4.79 Å². The molecule has 0 heterocycles. The van der Waals surface area contributed by atoms with Crippen LogP contribution in [0.2, 0.25) is 0 Å². The van der Waals surface area contributed by atoms with Gasteiger partial charge in [-0.3, -0.25) is 0 Å². The van der Waals surface area contributed by atoms with Crippen LogP contribution in [-0.4, -0.2) is 11.1 Å². The Kier molecular flexibility index (Phi) is 1.81. The van der Waals surface area contributed by atoms with Crippen LogP contribution >= 0.6 is 0 Å². The standard InChI is InChI=1S/C8H8NO2/c1-5-2-3-6(9)4-7(5)8(10)11/h2-4H,1,9H2,(H,10,11). The smallest absolute Gasteiger partial charge is 0.336 e. The second-order valence-electron chi connectivity index (χ2n) is 2.22. The number of hydrogen-bond donors (Lipinski definition) is 2. The van der Waals surface area contributed by atoms with Crippen molar-refractivity contribution in [3.8, 4) is 0 Å². The number of carboxylic acid groups (broad SMARTS) is 1. The fraction of sp³-hybridized carbons (Fsp3) is 0. The predicted molar refractivity (Wildman–Crippen MR) is 42.3 cm³/mol. The highest BCUT2D eigenvalue weighted by Crippen LogP contribution is 2.11. The highest BCUT2D eigenvalue weighted by Gasteiger charge is 2.05. The number of aromatic carboxylic acids is 1. The number of benzene rings is 1. The third-order valence-corrected chi connectivity index (χ3v) is 1.36. The van der Waals surface area contributed by atoms with E-state index in [0.717, 1.165) is 0 Å². The average Bonchev–Trinajstić information content (AvgIpc) is 1.94. The molecule has 0 fully saturated rings. The van der Waals surface area contributed by atoms with E-state index in [1.807, 2.05) is 0 Å². The summed E-state index contributed by atoms with van der Waals surface area (Å²) in [5, 5.41) is 8.59. The summed E-state index contributed by atoms with van der Waals surface area (Å²) in [4.78, 5) is 10.5. The lowest BCUT2D eigenvalue weighted by atomic mass is 10.1. The number of anilines is 1. The van der Waals surface area contributed by atoms with Crippen LogP contribution in [0.5, 0.6) is 0 Å². The van der Waals surface area contributed by atoms with Crippen LogP contribution in [0.3, 0.4) is 0 Å². The van der Waals surface area contributed by atoms with Crippen molar-refractivity contribution in [2.24, 2.45) is 0 Å². The molecule has 3 nitrogen and oxygen atoms in total. The third-order valence-electron chi connectivity index (χ3n) is 1.36. The molecule has 0 saturated heterocycles. The lowest BCUT2D eigenvalue weighted by molar-refractivity contribution is 0.0696. The molecule has 0 aliphatic rings. The SMILES string of the molecule is [CH2]c1ccc(N)cc1C(=O)O. The molecule has 11 heavy (non-hydrogen) atoms. The molecule has 0 aliphatic carbocycles. The van der Waals surface area contributed by atoms with Crippen molar-refractivity contribution >= 4 is 11.7 Å². The number of carboxylic acids is 1. The van der Waals surface area contributed by atoms with Gasteiger partial charge in [-0.1, -0.05) is 6.07 Å². The summed E-state index contributed by atoms with van der Waals surface area (Å²) in [5.74, 6) is -0.998. The molecule has 1 radical (unpaired) electrons. The van der Waals surface area contributed by atoms with E-state index in [1.54, 1.807) is 12.1 Å². The van der Waals surface area contributed by atoms with Gasteiger partial charge in [-0.05, 0) is 24.6 Å². The Morgan fingerprint density at radius 1 is 1.55 bits per heavy atom. The first-order valence-electron chi connectivity index (χ1n) is 3.06. The van der Waals surface area contributed by atoms with Gasteiger partial charge in [0.05, 0.1) is 5.56 Å². The maximum atomic E-state index is 10.5. The number of hydrogen-bond acceptors (Lipinski definition) is 2. The van der Waals surface area contributed by atoms with Crippen LogP contribution in [-0.2, 0) is 0 Å². The first-order valence-corrected chi connectivity index (χ1v) is 3.06. The first-order chi connectivity index (χ1) is 5.11. The molecular formula is C8H8NO2. The Morgan fingerprint density at radius 2 is 2.18 bits per heavy atom. The zero-order valence-corrected chi connectivity index (χ0v) is 5.87. The van der Waals surface area contributed by atoms with Crippen molar-refractivity contribution in [3.63, 3.8) is 0 Å². The summed E-state index contributed by atoms with van der Waals surface area (Å²) in [6, 6.07) is 4.60. The van der Waals surface area contributed by atoms with Crippen molar-refractivity contribution < 1.29 is 9.90 Å². The van der Waals surface area contributed by atoms with Gasteiger partial charge in [-0.25, -0.2) is 4.79 Å². The summed E-state index contributed by atoms with van der Waals surface area (Å²) < 4.78 is 0. The molecular weight excluding hydrogens is 142 g/mol. The Labute approximate surface area is 64.5 Å². The topological polar surface area (TPSA) is 63.3 Å². The number of nitrogens with two attached hydrogens (primary N) is 1. The summed E-state index contributed by atoms with van der Waals surface area (Å²) >= 11 is 0. The maximum absolute atomic E-state index is 10.5. The van der Waals surface area contributed by atoms with E-state index >= 15 is 0 Å². The molecule has 1 aromatic carbocycles. The highest BCUT2D eigenvalue weighted by atomic mass is 16.4. The molecule has 0 amide bonds. The number of nitrogen functional groups attached to an aromatic ring is 1. The summed E-state index contributed by atoms with van der Waals surface area (Å²) in [5.41, 5.74) is 6.45. The molecule has 1 aromatic rings. The van der Waals surface area contributed by atoms with Gasteiger partial charge in [0, 0.05) is 5.69 Å². The zero-order valence-electron chi connectivity index (χ0n) is 5.87. The van der Waals surface area contributed by atoms with Crippen molar-refractivity contribution in [1.29, 1.82) is 0 Å². The van der Waals surface area contributed by atoms with Gasteiger partial charge in [-0.15, -0.1) is 0 Å². The summed E-state index contributed by atoms with van der Waals surface area (Å²) in [7, 11) is 0. The molecule has 0 unspecified atom stereocenters. The van der Waals surface area contributed by atoms with E-state index < -0.39 is 5.97 Å². The van der Waals surface area contributed by atoms with Crippen LogP contribution in [0.1, 0.15) is 15.9 Å². The van der Waals surface area contributed by atoms with Crippen LogP contribution in [0.25, 0.3) is 0 Å². The van der Waals surface area contributed by atoms with Crippen molar-refractivity contribution in [2.45, 2.75) is 0 Å². The summed E-state index contributed by atoms with van der Waals surface area (Å²) in [6.45, 7) is 3.55. The quantitative estimate of drug-likeness (QED) is 0.590. The normalized spacial score (nSPS) is 9.55. The minimum atomic E-state index is -0.998. The van der Waals surface area contributed by atoms with Gasteiger partial charge < -0.3 is 10.8 Å². The van der Waals surface area contributed by atoms with E-state index in [2.05, 4.69) is 6.92 Å². The van der Waals surface area contributed by atoms with Gasteiger partial charge in [-0.2, -0.15) is 0 Å². The molecule has 57 valence electrons. The highest BCUT2D eigenvalue weighted by molar-refractivity contribution is 5.90. The van der Waals surface area contributed by atoms with Crippen LogP contribution in [0.15, 0.2) is 18.2 Å². The van der Waals surface area contributed by atoms with Crippen LogP contribution in [0, 0.1) is 6.92 Å². The monoisotopic (exact) mass is 150 g/mol. The number of carbonyl (C=O) groups is 1. The maximum Gasteiger partial charge on any atom is 0.336 e. The van der Waals surface area contributed by atoms with Gasteiger partial charge in [0.15, 0.2) is 0 Å². The van der Waals surface area contributed by atoms with E-state index in [0.29, 0.717) is 11.3 Å². The van der Waals surface area contributed by atoms with Crippen LogP contribution < -0.4 is 5.73 Å². The molecule has 0 aliphatic heterocycles. The second-order valence-corrected chi connectivity index (χ2v) is 2.22. The zero-order chi connectivity index (χ0) is 8.43. The third kappa shape index (κ3) is 1.49. The van der Waals surface area contributed by atoms with Crippen molar-refractivity contribution in [2.75, 3.05) is 5.73 Å². The molecule has 3 heteroatoms. The molecule has 3 N–H and O–H groups in total. The van der Waals surface area contributed by atoms with Gasteiger partial charge in [0.25, 0.3) is 0 Å². The fourth-order valence-electron chi connectivity index (χ4n) is 0.793. The van der Waals surface area contributed by atoms with Crippen LogP contribution in [0.4, 0.5) is 5.69 Å². The second kappa shape index (κ2) is 2.62. The molecule has 0 aromatic heterocycles. The fourth-order valence-corrected chi connectivity index (χ4v) is 0.793. The van der Waals surface area contributed by atoms with Gasteiger partial charge in [0.1, 0.15) is 0 Å². The minimum absolute atomic E-state index is 0.157. The summed E-state index contributed by atoms with van der Waals surface area (Å²) in [6.07, 6.45) is 0. The largest absolute Gasteiger partial charge is 0.478 e. The van der Waals surface area contributed by atoms with E-state index in [1.165, 1.54) is 6.07 Å². The first kappa shape index (κ1) is 7.60. The Balaban J connectivity index is 3.23. The predicted octanol–water partition coefficient (Wildman–Crippen LogP) is 1.15. The van der Waals surface area contributed by atoms with E-state index in [-0.39, 0.29) is 5.56 Å². The minimum Gasteiger partial charge on any atom is -0.478 e. The van der Waals surface area contributed by atoms with Gasteiger partial charge >= 0.3 is 5.97 Å². The van der Waals surface area contributed by atoms with Crippen molar-refractivity contribution in [3.05, 3.63) is 36.2 Å². The molecule has 0 atom stereocenters. The Bertz CT molecular complexity index is 294. The Morgan fingerprint density at radius 3 is 2.64 bits per heavy atom. The number of rotatable bonds is 1. The molecule has 0 bridgehead atoms. The van der Waals surface area contributed by atoms with Crippen molar-refractivity contribution in [1.82, 2.24) is 0 Å². The van der Waals surface area contributed by atoms with Gasteiger partial charge in [0.2, 0.25) is 0 Å². The Hall–Kier alpha value is -1.51.